The molecule has 126 valence electrons. The van der Waals surface area contributed by atoms with E-state index < -0.39 is 24.4 Å². The van der Waals surface area contributed by atoms with Gasteiger partial charge in [0.15, 0.2) is 0 Å². The average molecular weight is 350 g/mol. The second kappa shape index (κ2) is 6.51. The van der Waals surface area contributed by atoms with Crippen LogP contribution in [0.4, 0.5) is 22.0 Å². The molecule has 2 aromatic rings. The predicted octanol–water partition coefficient (Wildman–Crippen LogP) is 5.31. The quantitative estimate of drug-likeness (QED) is 0.696. The first-order chi connectivity index (χ1) is 10.6. The number of benzene rings is 1. The van der Waals surface area contributed by atoms with Crippen LogP contribution in [-0.4, -0.2) is 15.7 Å². The van der Waals surface area contributed by atoms with E-state index in [2.05, 4.69) is 4.98 Å². The Morgan fingerprint density at radius 3 is 2.17 bits per heavy atom. The number of hydrogen-bond acceptors (Lipinski definition) is 2. The Kier molecular flexibility index (Phi) is 5.03. The molecule has 0 N–H and O–H groups in total. The summed E-state index contributed by atoms with van der Waals surface area (Å²) in [7, 11) is 0. The SMILES string of the molecule is Cc1nc(C(C)C)c(Sc2cc(F)cc(F)c2)n1CC(F)(F)F. The van der Waals surface area contributed by atoms with Crippen LogP contribution >= 0.6 is 11.8 Å². The molecular formula is C15H15F5N2S. The molecule has 0 amide bonds. The molecule has 2 nitrogen and oxygen atoms in total. The highest BCUT2D eigenvalue weighted by Gasteiger charge is 2.31. The maximum atomic E-state index is 13.3. The Bertz CT molecular complexity index is 686. The molecule has 0 bridgehead atoms. The lowest BCUT2D eigenvalue weighted by atomic mass is 10.1. The van der Waals surface area contributed by atoms with Crippen LogP contribution in [0.15, 0.2) is 28.1 Å². The van der Waals surface area contributed by atoms with Crippen molar-refractivity contribution in [1.29, 1.82) is 0 Å². The van der Waals surface area contributed by atoms with Crippen LogP contribution < -0.4 is 0 Å². The van der Waals surface area contributed by atoms with Gasteiger partial charge in [0.1, 0.15) is 29.0 Å². The maximum absolute atomic E-state index is 13.3. The van der Waals surface area contributed by atoms with Gasteiger partial charge in [-0.1, -0.05) is 25.6 Å². The Hall–Kier alpha value is -1.57. The lowest BCUT2D eigenvalue weighted by molar-refractivity contribution is -0.142. The van der Waals surface area contributed by atoms with Crippen molar-refractivity contribution in [3.63, 3.8) is 0 Å². The molecule has 1 aromatic carbocycles. The third-order valence-electron chi connectivity index (χ3n) is 3.07. The summed E-state index contributed by atoms with van der Waals surface area (Å²) in [5, 5.41) is 0.250. The van der Waals surface area contributed by atoms with Crippen molar-refractivity contribution in [1.82, 2.24) is 9.55 Å². The number of alkyl halides is 3. The lowest BCUT2D eigenvalue weighted by Gasteiger charge is -2.14. The van der Waals surface area contributed by atoms with E-state index in [4.69, 9.17) is 0 Å². The van der Waals surface area contributed by atoms with Gasteiger partial charge in [0.25, 0.3) is 0 Å². The van der Waals surface area contributed by atoms with Gasteiger partial charge in [-0.3, -0.25) is 0 Å². The largest absolute Gasteiger partial charge is 0.406 e. The first-order valence-electron chi connectivity index (χ1n) is 6.84. The molecule has 0 radical (unpaired) electrons. The molecule has 0 unspecified atom stereocenters. The van der Waals surface area contributed by atoms with Gasteiger partial charge in [-0.15, -0.1) is 0 Å². The lowest BCUT2D eigenvalue weighted by Crippen LogP contribution is -2.19. The van der Waals surface area contributed by atoms with Crippen molar-refractivity contribution in [2.45, 2.75) is 49.3 Å². The van der Waals surface area contributed by atoms with Crippen molar-refractivity contribution < 1.29 is 22.0 Å². The zero-order valence-corrected chi connectivity index (χ0v) is 13.5. The summed E-state index contributed by atoms with van der Waals surface area (Å²) in [4.78, 5) is 4.38. The minimum absolute atomic E-state index is 0.121. The number of aryl methyl sites for hydroxylation is 1. The van der Waals surface area contributed by atoms with Crippen molar-refractivity contribution >= 4 is 11.8 Å². The van der Waals surface area contributed by atoms with E-state index in [9.17, 15) is 22.0 Å². The summed E-state index contributed by atoms with van der Waals surface area (Å²) in [5.74, 6) is -1.47. The Morgan fingerprint density at radius 1 is 1.13 bits per heavy atom. The number of aromatic nitrogens is 2. The molecule has 1 aromatic heterocycles. The fourth-order valence-corrected chi connectivity index (χ4v) is 3.37. The van der Waals surface area contributed by atoms with Crippen molar-refractivity contribution in [3.05, 3.63) is 41.4 Å². The number of rotatable bonds is 4. The summed E-state index contributed by atoms with van der Waals surface area (Å²) in [6.45, 7) is 3.89. The van der Waals surface area contributed by atoms with Crippen molar-refractivity contribution in [3.8, 4) is 0 Å². The molecule has 1 heterocycles. The third kappa shape index (κ3) is 4.46. The van der Waals surface area contributed by atoms with Gasteiger partial charge in [-0.2, -0.15) is 13.2 Å². The highest BCUT2D eigenvalue weighted by Crippen LogP contribution is 2.36. The van der Waals surface area contributed by atoms with Crippen LogP contribution in [0.1, 0.15) is 31.3 Å². The molecule has 0 aliphatic heterocycles. The summed E-state index contributed by atoms with van der Waals surface area (Å²) in [6.07, 6.45) is -4.41. The van der Waals surface area contributed by atoms with Crippen molar-refractivity contribution in [2.24, 2.45) is 0 Å². The summed E-state index contributed by atoms with van der Waals surface area (Å²) < 4.78 is 66.1. The molecule has 23 heavy (non-hydrogen) atoms. The van der Waals surface area contributed by atoms with E-state index >= 15 is 0 Å². The fraction of sp³-hybridized carbons (Fsp3) is 0.400. The molecule has 0 saturated heterocycles. The standard InChI is InChI=1S/C15H15F5N2S/c1-8(2)13-14(22(9(3)21-13)7-15(18,19)20)23-12-5-10(16)4-11(17)6-12/h4-6,8H,7H2,1-3H3. The van der Waals surface area contributed by atoms with E-state index in [-0.39, 0.29) is 21.7 Å². The number of nitrogens with zero attached hydrogens (tertiary/aromatic N) is 2. The average Bonchev–Trinajstić information content (AvgIpc) is 2.64. The number of hydrogen-bond donors (Lipinski definition) is 0. The Balaban J connectivity index is 2.49. The second-order valence-electron chi connectivity index (χ2n) is 5.41. The summed E-state index contributed by atoms with van der Waals surface area (Å²) in [6, 6.07) is 2.88. The molecular weight excluding hydrogens is 335 g/mol. The van der Waals surface area contributed by atoms with Gasteiger partial charge in [0.2, 0.25) is 0 Å². The van der Waals surface area contributed by atoms with Gasteiger partial charge >= 0.3 is 6.18 Å². The van der Waals surface area contributed by atoms with Gasteiger partial charge in [-0.05, 0) is 25.0 Å². The molecule has 0 aliphatic rings. The van der Waals surface area contributed by atoms with Crippen LogP contribution in [0.2, 0.25) is 0 Å². The van der Waals surface area contributed by atoms with Crippen LogP contribution in [0.25, 0.3) is 0 Å². The van der Waals surface area contributed by atoms with E-state index in [1.165, 1.54) is 6.92 Å². The molecule has 0 spiro atoms. The summed E-state index contributed by atoms with van der Waals surface area (Å²) in [5.41, 5.74) is 0.474. The van der Waals surface area contributed by atoms with Gasteiger partial charge in [0.05, 0.1) is 5.69 Å². The van der Waals surface area contributed by atoms with E-state index in [1.807, 2.05) is 0 Å². The Morgan fingerprint density at radius 2 is 1.70 bits per heavy atom. The maximum Gasteiger partial charge on any atom is 0.406 e. The fourth-order valence-electron chi connectivity index (χ4n) is 2.12. The van der Waals surface area contributed by atoms with Gasteiger partial charge < -0.3 is 4.57 Å². The highest BCUT2D eigenvalue weighted by atomic mass is 32.2. The van der Waals surface area contributed by atoms with E-state index in [1.54, 1.807) is 13.8 Å². The molecule has 0 aliphatic carbocycles. The van der Waals surface area contributed by atoms with Gasteiger partial charge in [-0.25, -0.2) is 13.8 Å². The van der Waals surface area contributed by atoms with Crippen LogP contribution in [-0.2, 0) is 6.54 Å². The topological polar surface area (TPSA) is 17.8 Å². The molecule has 2 rings (SSSR count). The van der Waals surface area contributed by atoms with Crippen molar-refractivity contribution in [2.75, 3.05) is 0 Å². The smallest absolute Gasteiger partial charge is 0.314 e. The second-order valence-corrected chi connectivity index (χ2v) is 6.47. The monoisotopic (exact) mass is 350 g/mol. The highest BCUT2D eigenvalue weighted by molar-refractivity contribution is 7.99. The first-order valence-corrected chi connectivity index (χ1v) is 7.66. The minimum Gasteiger partial charge on any atom is -0.314 e. The zero-order chi connectivity index (χ0) is 17.4. The van der Waals surface area contributed by atoms with Crippen LogP contribution in [0, 0.1) is 18.6 Å². The number of halogens is 5. The van der Waals surface area contributed by atoms with E-state index in [0.29, 0.717) is 11.8 Å². The first kappa shape index (κ1) is 17.8. The van der Waals surface area contributed by atoms with Crippen LogP contribution in [0.3, 0.4) is 0 Å². The van der Waals surface area contributed by atoms with Gasteiger partial charge in [0, 0.05) is 11.0 Å². The molecule has 0 saturated carbocycles. The summed E-state index contributed by atoms with van der Waals surface area (Å²) >= 11 is 0.879. The normalized spacial score (nSPS) is 12.2. The molecule has 0 atom stereocenters. The predicted molar refractivity (Wildman–Crippen MR) is 77.6 cm³/mol. The Labute approximate surface area is 134 Å². The molecule has 0 fully saturated rings. The van der Waals surface area contributed by atoms with E-state index in [0.717, 1.165) is 28.5 Å². The molecule has 8 heteroatoms. The number of imidazole rings is 1. The van der Waals surface area contributed by atoms with Crippen LogP contribution in [0.5, 0.6) is 0 Å². The third-order valence-corrected chi connectivity index (χ3v) is 4.17. The minimum atomic E-state index is -4.41. The zero-order valence-electron chi connectivity index (χ0n) is 12.7.